The van der Waals surface area contributed by atoms with Crippen molar-refractivity contribution in [2.24, 2.45) is 5.84 Å². The van der Waals surface area contributed by atoms with E-state index in [2.05, 4.69) is 5.43 Å². The number of hydrazine groups is 1. The smallest absolute Gasteiger partial charge is 0.238 e. The minimum absolute atomic E-state index is 0.189. The van der Waals surface area contributed by atoms with Crippen LogP contribution in [0.5, 0.6) is 0 Å². The highest BCUT2D eigenvalue weighted by molar-refractivity contribution is 5.77. The summed E-state index contributed by atoms with van der Waals surface area (Å²) in [6.45, 7) is 2.18. The zero-order valence-electron chi connectivity index (χ0n) is 10.9. The van der Waals surface area contributed by atoms with Gasteiger partial charge in [-0.2, -0.15) is 0 Å². The summed E-state index contributed by atoms with van der Waals surface area (Å²) in [7, 11) is 0. The van der Waals surface area contributed by atoms with Crippen LogP contribution >= 0.6 is 0 Å². The van der Waals surface area contributed by atoms with Gasteiger partial charge in [-0.1, -0.05) is 24.3 Å². The molecule has 2 rings (SSSR count). The molecule has 104 valence electrons. The monoisotopic (exact) mass is 264 g/mol. The maximum atomic E-state index is 11.1. The fourth-order valence-electron chi connectivity index (χ4n) is 2.05. The number of benzene rings is 1. The summed E-state index contributed by atoms with van der Waals surface area (Å²) < 4.78 is 11.1. The van der Waals surface area contributed by atoms with Gasteiger partial charge in [0.15, 0.2) is 0 Å². The molecule has 0 aliphatic carbocycles. The molecule has 1 fully saturated rings. The number of hydrogen-bond acceptors (Lipinski definition) is 4. The molecule has 3 N–H and O–H groups in total. The lowest BCUT2D eigenvalue weighted by Gasteiger charge is -2.22. The predicted molar refractivity (Wildman–Crippen MR) is 71.1 cm³/mol. The van der Waals surface area contributed by atoms with Crippen LogP contribution in [0.15, 0.2) is 24.3 Å². The van der Waals surface area contributed by atoms with E-state index in [9.17, 15) is 4.79 Å². The molecule has 1 aromatic rings. The molecule has 0 spiro atoms. The number of nitrogens with two attached hydrogens (primary N) is 1. The molecule has 1 amide bonds. The van der Waals surface area contributed by atoms with Crippen LogP contribution in [0.2, 0.25) is 0 Å². The van der Waals surface area contributed by atoms with Crippen molar-refractivity contribution in [3.8, 4) is 0 Å². The Morgan fingerprint density at radius 3 is 2.53 bits per heavy atom. The van der Waals surface area contributed by atoms with Crippen LogP contribution in [0.1, 0.15) is 24.0 Å². The lowest BCUT2D eigenvalue weighted by molar-refractivity contribution is -0.120. The Hall–Kier alpha value is -1.43. The van der Waals surface area contributed by atoms with Gasteiger partial charge in [-0.25, -0.2) is 5.84 Å². The van der Waals surface area contributed by atoms with Crippen molar-refractivity contribution < 1.29 is 14.3 Å². The summed E-state index contributed by atoms with van der Waals surface area (Å²) in [5.41, 5.74) is 4.18. The fraction of sp³-hybridized carbons (Fsp3) is 0.500. The molecule has 1 aromatic carbocycles. The van der Waals surface area contributed by atoms with Crippen LogP contribution in [0, 0.1) is 0 Å². The van der Waals surface area contributed by atoms with Gasteiger partial charge in [0.05, 0.1) is 19.1 Å². The van der Waals surface area contributed by atoms with Gasteiger partial charge in [-0.3, -0.25) is 10.2 Å². The SMILES string of the molecule is NNC(=O)Cc1ccc(COC2CCOCC2)cc1. The van der Waals surface area contributed by atoms with Gasteiger partial charge >= 0.3 is 0 Å². The summed E-state index contributed by atoms with van der Waals surface area (Å²) in [6.07, 6.45) is 2.54. The molecule has 1 heterocycles. The van der Waals surface area contributed by atoms with E-state index in [-0.39, 0.29) is 5.91 Å². The highest BCUT2D eigenvalue weighted by Gasteiger charge is 2.13. The van der Waals surface area contributed by atoms with E-state index in [1.54, 1.807) is 0 Å². The topological polar surface area (TPSA) is 73.6 Å². The third kappa shape index (κ3) is 4.63. The standard InChI is InChI=1S/C14H20N2O3/c15-16-14(17)9-11-1-3-12(4-2-11)10-19-13-5-7-18-8-6-13/h1-4,13H,5-10,15H2,(H,16,17). The minimum Gasteiger partial charge on any atom is -0.381 e. The van der Waals surface area contributed by atoms with Gasteiger partial charge in [-0.15, -0.1) is 0 Å². The lowest BCUT2D eigenvalue weighted by Crippen LogP contribution is -2.31. The molecule has 5 heteroatoms. The van der Waals surface area contributed by atoms with E-state index < -0.39 is 0 Å². The molecular weight excluding hydrogens is 244 g/mol. The van der Waals surface area contributed by atoms with Crippen molar-refractivity contribution in [2.45, 2.75) is 32.0 Å². The normalized spacial score (nSPS) is 16.3. The van der Waals surface area contributed by atoms with Crippen LogP contribution in [-0.2, 0) is 27.3 Å². The third-order valence-electron chi connectivity index (χ3n) is 3.20. The third-order valence-corrected chi connectivity index (χ3v) is 3.20. The quantitative estimate of drug-likeness (QED) is 0.471. The molecule has 0 bridgehead atoms. The first-order chi connectivity index (χ1) is 9.28. The zero-order valence-corrected chi connectivity index (χ0v) is 10.9. The first kappa shape index (κ1) is 14.0. The Bertz CT molecular complexity index is 400. The maximum Gasteiger partial charge on any atom is 0.238 e. The van der Waals surface area contributed by atoms with Crippen molar-refractivity contribution >= 4 is 5.91 Å². The molecular formula is C14H20N2O3. The van der Waals surface area contributed by atoms with Gasteiger partial charge in [-0.05, 0) is 24.0 Å². The van der Waals surface area contributed by atoms with Crippen LogP contribution in [0.25, 0.3) is 0 Å². The molecule has 1 aliphatic heterocycles. The van der Waals surface area contributed by atoms with Crippen LogP contribution in [0.4, 0.5) is 0 Å². The zero-order chi connectivity index (χ0) is 13.5. The predicted octanol–water partition coefficient (Wildman–Crippen LogP) is 0.915. The molecule has 0 saturated carbocycles. The summed E-state index contributed by atoms with van der Waals surface area (Å²) in [5.74, 6) is 4.86. The van der Waals surface area contributed by atoms with Crippen LogP contribution in [-0.4, -0.2) is 25.2 Å². The molecule has 5 nitrogen and oxygen atoms in total. The van der Waals surface area contributed by atoms with E-state index >= 15 is 0 Å². The van der Waals surface area contributed by atoms with Crippen LogP contribution in [0.3, 0.4) is 0 Å². The number of carbonyl (C=O) groups excluding carboxylic acids is 1. The summed E-state index contributed by atoms with van der Waals surface area (Å²) >= 11 is 0. The van der Waals surface area contributed by atoms with Crippen molar-refractivity contribution in [3.63, 3.8) is 0 Å². The van der Waals surface area contributed by atoms with Gasteiger partial charge in [0.2, 0.25) is 5.91 Å². The van der Waals surface area contributed by atoms with Gasteiger partial charge < -0.3 is 9.47 Å². The second-order valence-electron chi connectivity index (χ2n) is 4.68. The average Bonchev–Trinajstić information content (AvgIpc) is 2.47. The first-order valence-corrected chi connectivity index (χ1v) is 6.54. The van der Waals surface area contributed by atoms with Gasteiger partial charge in [0, 0.05) is 13.2 Å². The Labute approximate surface area is 113 Å². The lowest BCUT2D eigenvalue weighted by atomic mass is 10.1. The Morgan fingerprint density at radius 1 is 1.26 bits per heavy atom. The fourth-order valence-corrected chi connectivity index (χ4v) is 2.05. The number of hydrogen-bond donors (Lipinski definition) is 2. The Balaban J connectivity index is 1.79. The molecule has 0 aromatic heterocycles. The van der Waals surface area contributed by atoms with Crippen molar-refractivity contribution in [1.82, 2.24) is 5.43 Å². The maximum absolute atomic E-state index is 11.1. The average molecular weight is 264 g/mol. The summed E-state index contributed by atoms with van der Waals surface area (Å²) in [6, 6.07) is 7.83. The second-order valence-corrected chi connectivity index (χ2v) is 4.68. The van der Waals surface area contributed by atoms with E-state index in [1.165, 1.54) is 0 Å². The molecule has 19 heavy (non-hydrogen) atoms. The number of amides is 1. The van der Waals surface area contributed by atoms with E-state index in [1.807, 2.05) is 24.3 Å². The molecule has 1 aliphatic rings. The van der Waals surface area contributed by atoms with Crippen LogP contribution < -0.4 is 11.3 Å². The van der Waals surface area contributed by atoms with Crippen molar-refractivity contribution in [3.05, 3.63) is 35.4 Å². The molecule has 0 radical (unpaired) electrons. The van der Waals surface area contributed by atoms with E-state index in [0.29, 0.717) is 19.1 Å². The summed E-state index contributed by atoms with van der Waals surface area (Å²) in [5, 5.41) is 0. The largest absolute Gasteiger partial charge is 0.381 e. The first-order valence-electron chi connectivity index (χ1n) is 6.54. The molecule has 1 saturated heterocycles. The Morgan fingerprint density at radius 2 is 1.89 bits per heavy atom. The number of carbonyl (C=O) groups is 1. The molecule has 0 unspecified atom stereocenters. The number of nitrogens with one attached hydrogen (secondary N) is 1. The van der Waals surface area contributed by atoms with Gasteiger partial charge in [0.1, 0.15) is 0 Å². The minimum atomic E-state index is -0.189. The Kier molecular flexibility index (Phi) is 5.32. The number of ether oxygens (including phenoxy) is 2. The highest BCUT2D eigenvalue weighted by atomic mass is 16.5. The van der Waals surface area contributed by atoms with Crippen molar-refractivity contribution in [2.75, 3.05) is 13.2 Å². The highest BCUT2D eigenvalue weighted by Crippen LogP contribution is 2.14. The van der Waals surface area contributed by atoms with E-state index in [4.69, 9.17) is 15.3 Å². The van der Waals surface area contributed by atoms with Crippen molar-refractivity contribution in [1.29, 1.82) is 0 Å². The summed E-state index contributed by atoms with van der Waals surface area (Å²) in [4.78, 5) is 11.1. The van der Waals surface area contributed by atoms with Gasteiger partial charge in [0.25, 0.3) is 0 Å². The second kappa shape index (κ2) is 7.23. The van der Waals surface area contributed by atoms with E-state index in [0.717, 1.165) is 37.2 Å². The number of rotatable bonds is 5. The molecule has 0 atom stereocenters.